The quantitative estimate of drug-likeness (QED) is 0.0211. The lowest BCUT2D eigenvalue weighted by molar-refractivity contribution is -0.870. The van der Waals surface area contributed by atoms with E-state index in [2.05, 4.69) is 220 Å². The number of allylic oxidation sites excluding steroid dienone is 34. The minimum Gasteiger partial charge on any atom is -0.477 e. The Bertz CT molecular complexity index is 2140. The number of carboxylic acids is 1. The van der Waals surface area contributed by atoms with Crippen LogP contribution < -0.4 is 0 Å². The summed E-state index contributed by atoms with van der Waals surface area (Å²) >= 11 is 0. The van der Waals surface area contributed by atoms with Gasteiger partial charge in [0.25, 0.3) is 6.29 Å². The lowest BCUT2D eigenvalue weighted by atomic mass is 10.1. The van der Waals surface area contributed by atoms with E-state index in [-0.39, 0.29) is 32.7 Å². The molecule has 2 atom stereocenters. The van der Waals surface area contributed by atoms with Crippen LogP contribution in [-0.4, -0.2) is 87.4 Å². The summed E-state index contributed by atoms with van der Waals surface area (Å²) < 4.78 is 22.8. The van der Waals surface area contributed by atoms with Gasteiger partial charge in [-0.2, -0.15) is 0 Å². The standard InChI is InChI=1S/C76H115NO8/c1-6-8-10-12-14-16-18-20-22-24-26-28-30-32-34-36-37-39-41-43-45-47-49-51-53-55-57-59-61-63-65-67-74(79)85-72(71-84-76(75(80)81)82-69-68-77(3,4)5)70-83-73(78)66-64-62-60-58-56-54-52-50-48-46-44-42-40-38-35-33-31-29-27-25-23-21-19-17-15-13-11-9-7-2/h8-11,14-17,20-23,26-29,32-35,37,39-40,42-43,45-46,48-49,51-52,54-55,57,72,76H,6-7,12-13,18-19,24-25,30-31,36,38,41,44,47,50,53,56,58-71H2,1-5H3/p+1/b10-8-,11-9-,16-14-,17-15-,22-20-,23-21-,28-26-,29-27-,34-32-,35-33-,39-37-,42-40-,45-43-,48-46-,51-49-,54-52-,57-55-. The number of nitrogens with zero attached hydrogens (tertiary/aromatic N) is 1. The Labute approximate surface area is 518 Å². The van der Waals surface area contributed by atoms with E-state index < -0.39 is 30.3 Å². The van der Waals surface area contributed by atoms with Crippen LogP contribution in [0.1, 0.15) is 194 Å². The molecule has 0 aliphatic rings. The van der Waals surface area contributed by atoms with Crippen LogP contribution in [0, 0.1) is 0 Å². The Hall–Kier alpha value is -6.13. The second-order valence-corrected chi connectivity index (χ2v) is 21.6. The Morgan fingerprint density at radius 1 is 0.353 bits per heavy atom. The number of hydrogen-bond donors (Lipinski definition) is 1. The molecule has 0 aliphatic carbocycles. The van der Waals surface area contributed by atoms with E-state index in [9.17, 15) is 19.5 Å². The summed E-state index contributed by atoms with van der Waals surface area (Å²) in [5, 5.41) is 9.73. The molecule has 0 radical (unpaired) electrons. The van der Waals surface area contributed by atoms with Crippen LogP contribution in [0.4, 0.5) is 0 Å². The van der Waals surface area contributed by atoms with E-state index in [1.165, 1.54) is 0 Å². The predicted molar refractivity (Wildman–Crippen MR) is 363 cm³/mol. The second kappa shape index (κ2) is 63.9. The summed E-state index contributed by atoms with van der Waals surface area (Å²) in [6.45, 7) is 4.54. The number of esters is 2. The third kappa shape index (κ3) is 65.3. The molecular formula is C76H116NO8+. The van der Waals surface area contributed by atoms with Crippen molar-refractivity contribution >= 4 is 17.9 Å². The topological polar surface area (TPSA) is 108 Å². The van der Waals surface area contributed by atoms with Crippen LogP contribution in [-0.2, 0) is 33.3 Å². The van der Waals surface area contributed by atoms with Crippen molar-refractivity contribution in [1.82, 2.24) is 0 Å². The molecule has 0 aromatic carbocycles. The van der Waals surface area contributed by atoms with Crippen molar-refractivity contribution in [1.29, 1.82) is 0 Å². The number of rotatable bonds is 56. The molecule has 0 bridgehead atoms. The van der Waals surface area contributed by atoms with Gasteiger partial charge in [0.1, 0.15) is 13.2 Å². The smallest absolute Gasteiger partial charge is 0.361 e. The molecule has 1 N–H and O–H groups in total. The van der Waals surface area contributed by atoms with Crippen molar-refractivity contribution in [3.8, 4) is 0 Å². The van der Waals surface area contributed by atoms with Crippen LogP contribution in [0.5, 0.6) is 0 Å². The average molecular weight is 1170 g/mol. The molecule has 0 saturated heterocycles. The van der Waals surface area contributed by atoms with Gasteiger partial charge in [-0.3, -0.25) is 9.59 Å². The number of carbonyl (C=O) groups is 3. The SMILES string of the molecule is CC/C=C\C/C=C\C/C=C\C/C=C\C/C=C\C/C=C\C/C=C\C/C=C\C/C=C\CCCCCC(=O)OC(COC(=O)CCCCCC/C=C\C/C=C\C/C=C\C/C=C\C/C=C\C/C=C\C/C=C\C/C=C\CC)COC(OCC[N+](C)(C)C)C(=O)O. The first-order valence-electron chi connectivity index (χ1n) is 32.2. The molecular weight excluding hydrogens is 1050 g/mol. The number of unbranched alkanes of at least 4 members (excludes halogenated alkanes) is 7. The molecule has 0 saturated carbocycles. The molecule has 0 spiro atoms. The lowest BCUT2D eigenvalue weighted by Gasteiger charge is -2.25. The van der Waals surface area contributed by atoms with Crippen LogP contribution in [0.2, 0.25) is 0 Å². The summed E-state index contributed by atoms with van der Waals surface area (Å²) in [5.41, 5.74) is 0. The number of ether oxygens (including phenoxy) is 4. The van der Waals surface area contributed by atoms with Crippen LogP contribution in [0.15, 0.2) is 207 Å². The maximum atomic E-state index is 12.9. The molecule has 472 valence electrons. The van der Waals surface area contributed by atoms with Gasteiger partial charge in [-0.25, -0.2) is 4.79 Å². The van der Waals surface area contributed by atoms with Gasteiger partial charge >= 0.3 is 17.9 Å². The number of carboxylic acid groups (broad SMARTS) is 1. The van der Waals surface area contributed by atoms with Gasteiger partial charge in [0, 0.05) is 12.8 Å². The normalized spacial score (nSPS) is 14.1. The molecule has 85 heavy (non-hydrogen) atoms. The lowest BCUT2D eigenvalue weighted by Crippen LogP contribution is -2.40. The Balaban J connectivity index is 4.40. The Morgan fingerprint density at radius 2 is 0.635 bits per heavy atom. The van der Waals surface area contributed by atoms with Crippen LogP contribution >= 0.6 is 0 Å². The van der Waals surface area contributed by atoms with E-state index >= 15 is 0 Å². The van der Waals surface area contributed by atoms with Crippen molar-refractivity contribution in [3.63, 3.8) is 0 Å². The maximum Gasteiger partial charge on any atom is 0.361 e. The van der Waals surface area contributed by atoms with Crippen molar-refractivity contribution in [3.05, 3.63) is 207 Å². The van der Waals surface area contributed by atoms with Gasteiger partial charge in [0.05, 0.1) is 34.4 Å². The minimum absolute atomic E-state index is 0.163. The summed E-state index contributed by atoms with van der Waals surface area (Å²) in [4.78, 5) is 37.5. The van der Waals surface area contributed by atoms with E-state index in [1.807, 2.05) is 21.1 Å². The Morgan fingerprint density at radius 3 is 0.941 bits per heavy atom. The summed E-state index contributed by atoms with van der Waals surface area (Å²) in [5.74, 6) is -2.12. The summed E-state index contributed by atoms with van der Waals surface area (Å²) in [6.07, 6.45) is 97.7. The first-order chi connectivity index (χ1) is 41.6. The van der Waals surface area contributed by atoms with Gasteiger partial charge < -0.3 is 28.5 Å². The maximum absolute atomic E-state index is 12.9. The van der Waals surface area contributed by atoms with Crippen molar-refractivity contribution < 1.29 is 42.9 Å². The highest BCUT2D eigenvalue weighted by molar-refractivity contribution is 5.71. The van der Waals surface area contributed by atoms with Gasteiger partial charge in [-0.1, -0.05) is 240 Å². The van der Waals surface area contributed by atoms with Crippen LogP contribution in [0.3, 0.4) is 0 Å². The van der Waals surface area contributed by atoms with Gasteiger partial charge in [0.2, 0.25) is 0 Å². The molecule has 0 aromatic rings. The van der Waals surface area contributed by atoms with Crippen molar-refractivity contribution in [2.24, 2.45) is 0 Å². The molecule has 0 aliphatic heterocycles. The molecule has 9 nitrogen and oxygen atoms in total. The number of carbonyl (C=O) groups excluding carboxylic acids is 2. The van der Waals surface area contributed by atoms with E-state index in [1.54, 1.807) is 0 Å². The largest absolute Gasteiger partial charge is 0.477 e. The monoisotopic (exact) mass is 1170 g/mol. The van der Waals surface area contributed by atoms with Gasteiger partial charge in [0.15, 0.2) is 6.10 Å². The Kier molecular flexibility index (Phi) is 59.3. The zero-order valence-corrected chi connectivity index (χ0v) is 53.7. The highest BCUT2D eigenvalue weighted by Crippen LogP contribution is 2.12. The summed E-state index contributed by atoms with van der Waals surface area (Å²) in [6, 6.07) is 0. The molecule has 0 heterocycles. The fraction of sp³-hybridized carbons (Fsp3) is 0.513. The first kappa shape index (κ1) is 78.9. The zero-order valence-electron chi connectivity index (χ0n) is 53.7. The first-order valence-corrected chi connectivity index (χ1v) is 32.2. The van der Waals surface area contributed by atoms with Crippen LogP contribution in [0.25, 0.3) is 0 Å². The van der Waals surface area contributed by atoms with E-state index in [0.717, 1.165) is 154 Å². The third-order valence-electron chi connectivity index (χ3n) is 12.5. The van der Waals surface area contributed by atoms with Gasteiger partial charge in [-0.05, 0) is 148 Å². The molecule has 0 rings (SSSR count). The summed E-state index contributed by atoms with van der Waals surface area (Å²) in [7, 11) is 5.93. The fourth-order valence-corrected chi connectivity index (χ4v) is 7.67. The minimum atomic E-state index is -1.54. The molecule has 0 amide bonds. The van der Waals surface area contributed by atoms with Gasteiger partial charge in [-0.15, -0.1) is 0 Å². The number of quaternary nitrogens is 1. The molecule has 9 heteroatoms. The van der Waals surface area contributed by atoms with Crippen molar-refractivity contribution in [2.75, 3.05) is 47.5 Å². The predicted octanol–water partition coefficient (Wildman–Crippen LogP) is 20.0. The third-order valence-corrected chi connectivity index (χ3v) is 12.5. The second-order valence-electron chi connectivity index (χ2n) is 21.6. The number of hydrogen-bond acceptors (Lipinski definition) is 7. The number of aliphatic carboxylic acids is 1. The zero-order chi connectivity index (χ0) is 61.9. The highest BCUT2D eigenvalue weighted by Gasteiger charge is 2.25. The highest BCUT2D eigenvalue weighted by atomic mass is 16.7. The molecule has 0 aromatic heterocycles. The number of likely N-dealkylation sites (N-methyl/N-ethyl adjacent to an activating group) is 1. The van der Waals surface area contributed by atoms with E-state index in [4.69, 9.17) is 18.9 Å². The fourth-order valence-electron chi connectivity index (χ4n) is 7.67. The average Bonchev–Trinajstić information content (AvgIpc) is 3.49. The molecule has 2 unspecified atom stereocenters. The van der Waals surface area contributed by atoms with E-state index in [0.29, 0.717) is 23.9 Å². The van der Waals surface area contributed by atoms with Crippen molar-refractivity contribution in [2.45, 2.75) is 206 Å². The molecule has 0 fully saturated rings.